The van der Waals surface area contributed by atoms with Crippen LogP contribution in [0.2, 0.25) is 0 Å². The minimum Gasteiger partial charge on any atom is -0.340 e. The minimum atomic E-state index is 0.638. The van der Waals surface area contributed by atoms with Crippen molar-refractivity contribution < 1.29 is 0 Å². The van der Waals surface area contributed by atoms with Crippen LogP contribution in [-0.2, 0) is 0 Å². The topological polar surface area (TPSA) is 41.6 Å². The number of pyridine rings is 1. The highest BCUT2D eigenvalue weighted by atomic mass is 15.0. The third kappa shape index (κ3) is 1.42. The SMILES string of the molecule is Cc1ccnc2nc(C3CCCC3)[nH]c12. The first-order valence-electron chi connectivity index (χ1n) is 5.66. The van der Waals surface area contributed by atoms with Crippen LogP contribution in [0, 0.1) is 6.92 Å². The summed E-state index contributed by atoms with van der Waals surface area (Å²) >= 11 is 0. The lowest BCUT2D eigenvalue weighted by atomic mass is 10.1. The molecule has 2 aromatic heterocycles. The molecule has 2 heterocycles. The highest BCUT2D eigenvalue weighted by molar-refractivity contribution is 5.74. The van der Waals surface area contributed by atoms with E-state index in [1.165, 1.54) is 31.2 Å². The summed E-state index contributed by atoms with van der Waals surface area (Å²) < 4.78 is 0. The van der Waals surface area contributed by atoms with Crippen molar-refractivity contribution in [2.45, 2.75) is 38.5 Å². The fourth-order valence-corrected chi connectivity index (χ4v) is 2.45. The summed E-state index contributed by atoms with van der Waals surface area (Å²) in [5, 5.41) is 0. The molecule has 1 saturated carbocycles. The van der Waals surface area contributed by atoms with Gasteiger partial charge in [0.25, 0.3) is 0 Å². The van der Waals surface area contributed by atoms with Crippen molar-refractivity contribution in [3.8, 4) is 0 Å². The lowest BCUT2D eigenvalue weighted by molar-refractivity contribution is 0.681. The molecule has 2 aromatic rings. The highest BCUT2D eigenvalue weighted by Crippen LogP contribution is 2.33. The Kier molecular flexibility index (Phi) is 1.97. The number of H-pyrrole nitrogens is 1. The van der Waals surface area contributed by atoms with Gasteiger partial charge in [-0.2, -0.15) is 0 Å². The fraction of sp³-hybridized carbons (Fsp3) is 0.500. The van der Waals surface area contributed by atoms with E-state index >= 15 is 0 Å². The van der Waals surface area contributed by atoms with Crippen molar-refractivity contribution in [1.82, 2.24) is 15.0 Å². The number of fused-ring (bicyclic) bond motifs is 1. The molecule has 3 rings (SSSR count). The Balaban J connectivity index is 2.09. The van der Waals surface area contributed by atoms with E-state index in [-0.39, 0.29) is 0 Å². The van der Waals surface area contributed by atoms with Crippen molar-refractivity contribution in [1.29, 1.82) is 0 Å². The Morgan fingerprint density at radius 1 is 1.33 bits per heavy atom. The second kappa shape index (κ2) is 3.33. The third-order valence-corrected chi connectivity index (χ3v) is 3.36. The fourth-order valence-electron chi connectivity index (χ4n) is 2.45. The molecule has 0 amide bonds. The molecule has 0 radical (unpaired) electrons. The molecule has 1 aliphatic carbocycles. The first-order valence-corrected chi connectivity index (χ1v) is 5.66. The van der Waals surface area contributed by atoms with E-state index < -0.39 is 0 Å². The standard InChI is InChI=1S/C12H15N3/c1-8-6-7-13-12-10(8)14-11(15-12)9-4-2-3-5-9/h6-7,9H,2-5H2,1H3,(H,13,14,15). The van der Waals surface area contributed by atoms with E-state index in [4.69, 9.17) is 0 Å². The molecule has 0 bridgehead atoms. The smallest absolute Gasteiger partial charge is 0.177 e. The average molecular weight is 201 g/mol. The number of aromatic amines is 1. The molecule has 3 nitrogen and oxygen atoms in total. The normalized spacial score (nSPS) is 17.7. The summed E-state index contributed by atoms with van der Waals surface area (Å²) in [7, 11) is 0. The molecule has 1 aliphatic rings. The van der Waals surface area contributed by atoms with Gasteiger partial charge in [0.1, 0.15) is 5.82 Å². The number of nitrogens with zero attached hydrogens (tertiary/aromatic N) is 2. The molecule has 0 unspecified atom stereocenters. The summed E-state index contributed by atoms with van der Waals surface area (Å²) in [4.78, 5) is 12.3. The molecular formula is C12H15N3. The maximum atomic E-state index is 4.59. The summed E-state index contributed by atoms with van der Waals surface area (Å²) in [5.74, 6) is 1.78. The van der Waals surface area contributed by atoms with Crippen LogP contribution in [0.1, 0.15) is 43.0 Å². The molecular weight excluding hydrogens is 186 g/mol. The van der Waals surface area contributed by atoms with Gasteiger partial charge in [0.15, 0.2) is 5.65 Å². The number of nitrogens with one attached hydrogen (secondary N) is 1. The van der Waals surface area contributed by atoms with E-state index in [1.54, 1.807) is 0 Å². The predicted octanol–water partition coefficient (Wildman–Crippen LogP) is 2.92. The van der Waals surface area contributed by atoms with Gasteiger partial charge in [0.2, 0.25) is 0 Å². The van der Waals surface area contributed by atoms with Crippen LogP contribution in [0.3, 0.4) is 0 Å². The van der Waals surface area contributed by atoms with Crippen LogP contribution in [-0.4, -0.2) is 15.0 Å². The zero-order valence-corrected chi connectivity index (χ0v) is 8.95. The number of hydrogen-bond acceptors (Lipinski definition) is 2. The second-order valence-electron chi connectivity index (χ2n) is 4.43. The maximum Gasteiger partial charge on any atom is 0.177 e. The van der Waals surface area contributed by atoms with E-state index in [0.717, 1.165) is 17.0 Å². The largest absolute Gasteiger partial charge is 0.340 e. The van der Waals surface area contributed by atoms with Gasteiger partial charge in [-0.25, -0.2) is 9.97 Å². The summed E-state index contributed by atoms with van der Waals surface area (Å²) in [6.45, 7) is 2.10. The van der Waals surface area contributed by atoms with Crippen molar-refractivity contribution in [3.05, 3.63) is 23.7 Å². The lowest BCUT2D eigenvalue weighted by Gasteiger charge is -2.02. The minimum absolute atomic E-state index is 0.638. The number of aryl methyl sites for hydroxylation is 1. The molecule has 0 spiro atoms. The quantitative estimate of drug-likeness (QED) is 0.770. The van der Waals surface area contributed by atoms with Gasteiger partial charge in [0, 0.05) is 12.1 Å². The first kappa shape index (κ1) is 8.89. The maximum absolute atomic E-state index is 4.59. The van der Waals surface area contributed by atoms with Gasteiger partial charge in [-0.1, -0.05) is 12.8 Å². The van der Waals surface area contributed by atoms with Crippen LogP contribution < -0.4 is 0 Å². The van der Waals surface area contributed by atoms with Crippen molar-refractivity contribution in [3.63, 3.8) is 0 Å². The molecule has 78 valence electrons. The van der Waals surface area contributed by atoms with Gasteiger partial charge in [-0.3, -0.25) is 0 Å². The molecule has 1 fully saturated rings. The van der Waals surface area contributed by atoms with Gasteiger partial charge < -0.3 is 4.98 Å². The van der Waals surface area contributed by atoms with Crippen molar-refractivity contribution in [2.24, 2.45) is 0 Å². The van der Waals surface area contributed by atoms with Crippen LogP contribution in [0.5, 0.6) is 0 Å². The van der Waals surface area contributed by atoms with Crippen LogP contribution >= 0.6 is 0 Å². The Hall–Kier alpha value is -1.38. The molecule has 0 aromatic carbocycles. The highest BCUT2D eigenvalue weighted by Gasteiger charge is 2.20. The number of rotatable bonds is 1. The molecule has 15 heavy (non-hydrogen) atoms. The van der Waals surface area contributed by atoms with E-state index in [0.29, 0.717) is 5.92 Å². The summed E-state index contributed by atoms with van der Waals surface area (Å²) in [5.41, 5.74) is 3.22. The predicted molar refractivity (Wildman–Crippen MR) is 59.8 cm³/mol. The van der Waals surface area contributed by atoms with Gasteiger partial charge in [-0.15, -0.1) is 0 Å². The van der Waals surface area contributed by atoms with Crippen LogP contribution in [0.25, 0.3) is 11.2 Å². The summed E-state index contributed by atoms with van der Waals surface area (Å²) in [6, 6.07) is 2.03. The Morgan fingerprint density at radius 2 is 2.13 bits per heavy atom. The number of aromatic nitrogens is 3. The van der Waals surface area contributed by atoms with Crippen molar-refractivity contribution in [2.75, 3.05) is 0 Å². The zero-order valence-electron chi connectivity index (χ0n) is 8.95. The molecule has 3 heteroatoms. The zero-order chi connectivity index (χ0) is 10.3. The third-order valence-electron chi connectivity index (χ3n) is 3.36. The van der Waals surface area contributed by atoms with Crippen LogP contribution in [0.4, 0.5) is 0 Å². The van der Waals surface area contributed by atoms with Gasteiger partial charge >= 0.3 is 0 Å². The first-order chi connectivity index (χ1) is 7.34. The average Bonchev–Trinajstić information content (AvgIpc) is 2.86. The van der Waals surface area contributed by atoms with Gasteiger partial charge in [-0.05, 0) is 31.4 Å². The second-order valence-corrected chi connectivity index (χ2v) is 4.43. The molecule has 0 saturated heterocycles. The Bertz CT molecular complexity index is 481. The molecule has 0 aliphatic heterocycles. The molecule has 0 atom stereocenters. The van der Waals surface area contributed by atoms with Gasteiger partial charge in [0.05, 0.1) is 5.52 Å². The Labute approximate surface area is 88.9 Å². The lowest BCUT2D eigenvalue weighted by Crippen LogP contribution is -1.94. The number of hydrogen-bond donors (Lipinski definition) is 1. The van der Waals surface area contributed by atoms with Crippen molar-refractivity contribution >= 4 is 11.2 Å². The summed E-state index contributed by atoms with van der Waals surface area (Å²) in [6.07, 6.45) is 7.07. The molecule has 1 N–H and O–H groups in total. The van der Waals surface area contributed by atoms with E-state index in [1.807, 2.05) is 12.3 Å². The van der Waals surface area contributed by atoms with E-state index in [2.05, 4.69) is 21.9 Å². The number of imidazole rings is 1. The van der Waals surface area contributed by atoms with Crippen LogP contribution in [0.15, 0.2) is 12.3 Å². The monoisotopic (exact) mass is 201 g/mol. The van der Waals surface area contributed by atoms with E-state index in [9.17, 15) is 0 Å². The Morgan fingerprint density at radius 3 is 2.87 bits per heavy atom.